The summed E-state index contributed by atoms with van der Waals surface area (Å²) in [5.41, 5.74) is 5.80. The Hall–Kier alpha value is -0.280. The van der Waals surface area contributed by atoms with E-state index in [1.54, 1.807) is 0 Å². The van der Waals surface area contributed by atoms with Gasteiger partial charge in [0.05, 0.1) is 0 Å². The van der Waals surface area contributed by atoms with Gasteiger partial charge in [0.15, 0.2) is 0 Å². The molecule has 1 amide bonds. The standard InChI is InChI=1S/C14H24N2O.ClH/c15-8-9-4-1-2-7-12(9)16-14(17)13-10-5-3-6-11(10)13;/h9-13H,1-8,15H2,(H,16,17);1H. The minimum Gasteiger partial charge on any atom is -0.353 e. The van der Waals surface area contributed by atoms with E-state index < -0.39 is 0 Å². The highest BCUT2D eigenvalue weighted by Gasteiger charge is 2.56. The van der Waals surface area contributed by atoms with Crippen molar-refractivity contribution < 1.29 is 4.79 Å². The number of carbonyl (C=O) groups excluding carboxylic acids is 1. The number of halogens is 1. The van der Waals surface area contributed by atoms with Crippen molar-refractivity contribution in [3.8, 4) is 0 Å². The maximum Gasteiger partial charge on any atom is 0.223 e. The normalized spacial score (nSPS) is 41.7. The third-order valence-electron chi connectivity index (χ3n) is 5.25. The van der Waals surface area contributed by atoms with Crippen LogP contribution in [-0.2, 0) is 4.79 Å². The topological polar surface area (TPSA) is 55.1 Å². The van der Waals surface area contributed by atoms with Gasteiger partial charge < -0.3 is 11.1 Å². The lowest BCUT2D eigenvalue weighted by Gasteiger charge is -2.31. The molecule has 3 saturated carbocycles. The van der Waals surface area contributed by atoms with Gasteiger partial charge >= 0.3 is 0 Å². The third-order valence-corrected chi connectivity index (χ3v) is 5.25. The fourth-order valence-corrected chi connectivity index (χ4v) is 4.17. The summed E-state index contributed by atoms with van der Waals surface area (Å²) < 4.78 is 0. The average molecular weight is 273 g/mol. The van der Waals surface area contributed by atoms with Gasteiger partial charge in [-0.05, 0) is 50.0 Å². The second kappa shape index (κ2) is 5.79. The summed E-state index contributed by atoms with van der Waals surface area (Å²) in [6.45, 7) is 0.725. The Balaban J connectivity index is 0.00000120. The van der Waals surface area contributed by atoms with Gasteiger partial charge in [-0.25, -0.2) is 0 Å². The van der Waals surface area contributed by atoms with Crippen LogP contribution in [0.1, 0.15) is 44.9 Å². The maximum absolute atomic E-state index is 12.2. The van der Waals surface area contributed by atoms with Gasteiger partial charge in [-0.15, -0.1) is 12.4 Å². The Morgan fingerprint density at radius 3 is 2.39 bits per heavy atom. The molecule has 3 nitrogen and oxygen atoms in total. The number of amides is 1. The van der Waals surface area contributed by atoms with Crippen molar-refractivity contribution in [2.24, 2.45) is 29.4 Å². The van der Waals surface area contributed by atoms with Gasteiger partial charge in [-0.2, -0.15) is 0 Å². The van der Waals surface area contributed by atoms with E-state index in [0.29, 0.717) is 23.8 Å². The molecule has 0 radical (unpaired) electrons. The number of rotatable bonds is 3. The van der Waals surface area contributed by atoms with Gasteiger partial charge in [0, 0.05) is 12.0 Å². The Labute approximate surface area is 116 Å². The Morgan fingerprint density at radius 2 is 1.72 bits per heavy atom. The van der Waals surface area contributed by atoms with Crippen LogP contribution in [0.5, 0.6) is 0 Å². The molecule has 4 heteroatoms. The van der Waals surface area contributed by atoms with Crippen LogP contribution < -0.4 is 11.1 Å². The molecule has 4 unspecified atom stereocenters. The van der Waals surface area contributed by atoms with Gasteiger partial charge in [0.25, 0.3) is 0 Å². The van der Waals surface area contributed by atoms with E-state index >= 15 is 0 Å². The summed E-state index contributed by atoms with van der Waals surface area (Å²) >= 11 is 0. The molecule has 0 aromatic rings. The number of carbonyl (C=O) groups is 1. The van der Waals surface area contributed by atoms with E-state index in [4.69, 9.17) is 5.73 Å². The van der Waals surface area contributed by atoms with Gasteiger partial charge in [-0.3, -0.25) is 4.79 Å². The molecule has 3 aliphatic rings. The predicted molar refractivity (Wildman–Crippen MR) is 74.5 cm³/mol. The van der Waals surface area contributed by atoms with Crippen LogP contribution in [0.15, 0.2) is 0 Å². The van der Waals surface area contributed by atoms with Gasteiger partial charge in [0.1, 0.15) is 0 Å². The van der Waals surface area contributed by atoms with Crippen molar-refractivity contribution in [1.29, 1.82) is 0 Å². The molecular weight excluding hydrogens is 248 g/mol. The SMILES string of the molecule is Cl.NCC1CCCCC1NC(=O)C1C2CCCC21. The molecule has 0 saturated heterocycles. The van der Waals surface area contributed by atoms with Crippen LogP contribution in [0, 0.1) is 23.7 Å². The lowest BCUT2D eigenvalue weighted by atomic mass is 9.84. The second-order valence-electron chi connectivity index (χ2n) is 6.18. The summed E-state index contributed by atoms with van der Waals surface area (Å²) in [5.74, 6) is 2.69. The third kappa shape index (κ3) is 2.53. The maximum atomic E-state index is 12.2. The average Bonchev–Trinajstić information content (AvgIpc) is 2.84. The summed E-state index contributed by atoms with van der Waals surface area (Å²) in [4.78, 5) is 12.2. The number of nitrogens with one attached hydrogen (secondary N) is 1. The van der Waals surface area contributed by atoms with Crippen molar-refractivity contribution in [2.75, 3.05) is 6.54 Å². The van der Waals surface area contributed by atoms with Crippen LogP contribution in [-0.4, -0.2) is 18.5 Å². The van der Waals surface area contributed by atoms with Crippen LogP contribution in [0.4, 0.5) is 0 Å². The zero-order valence-corrected chi connectivity index (χ0v) is 11.8. The van der Waals surface area contributed by atoms with Crippen molar-refractivity contribution in [3.05, 3.63) is 0 Å². The first-order chi connectivity index (χ1) is 8.31. The molecule has 0 spiro atoms. The molecule has 0 heterocycles. The minimum absolute atomic E-state index is 0. The summed E-state index contributed by atoms with van der Waals surface area (Å²) in [5, 5.41) is 3.29. The monoisotopic (exact) mass is 272 g/mol. The van der Waals surface area contributed by atoms with Crippen molar-refractivity contribution in [2.45, 2.75) is 51.0 Å². The molecule has 3 aliphatic carbocycles. The number of hydrogen-bond acceptors (Lipinski definition) is 2. The Kier molecular flexibility index (Phi) is 4.54. The molecule has 0 aliphatic heterocycles. The first-order valence-corrected chi connectivity index (χ1v) is 7.31. The van der Waals surface area contributed by atoms with E-state index in [-0.39, 0.29) is 12.4 Å². The van der Waals surface area contributed by atoms with Crippen molar-refractivity contribution in [3.63, 3.8) is 0 Å². The molecule has 104 valence electrons. The molecule has 3 N–H and O–H groups in total. The Bertz CT molecular complexity index is 300. The summed E-state index contributed by atoms with van der Waals surface area (Å²) in [7, 11) is 0. The highest BCUT2D eigenvalue weighted by atomic mass is 35.5. The lowest BCUT2D eigenvalue weighted by Crippen LogP contribution is -2.45. The van der Waals surface area contributed by atoms with Gasteiger partial charge in [-0.1, -0.05) is 19.3 Å². The highest BCUT2D eigenvalue weighted by molar-refractivity contribution is 5.85. The first-order valence-electron chi connectivity index (χ1n) is 7.31. The zero-order chi connectivity index (χ0) is 11.8. The molecule has 4 atom stereocenters. The number of hydrogen-bond donors (Lipinski definition) is 2. The van der Waals surface area contributed by atoms with Crippen LogP contribution in [0.2, 0.25) is 0 Å². The molecule has 3 rings (SSSR count). The van der Waals surface area contributed by atoms with Crippen LogP contribution in [0.25, 0.3) is 0 Å². The predicted octanol–water partition coefficient (Wildman–Crippen LogP) is 2.09. The molecule has 0 aromatic heterocycles. The molecule has 3 fully saturated rings. The summed E-state index contributed by atoms with van der Waals surface area (Å²) in [6.07, 6.45) is 8.77. The summed E-state index contributed by atoms with van der Waals surface area (Å²) in [6, 6.07) is 0.363. The quantitative estimate of drug-likeness (QED) is 0.827. The number of nitrogens with two attached hydrogens (primary N) is 1. The van der Waals surface area contributed by atoms with Crippen LogP contribution in [0.3, 0.4) is 0 Å². The first kappa shape index (κ1) is 14.1. The highest BCUT2D eigenvalue weighted by Crippen LogP contribution is 2.57. The fourth-order valence-electron chi connectivity index (χ4n) is 4.17. The minimum atomic E-state index is 0. The second-order valence-corrected chi connectivity index (χ2v) is 6.18. The largest absolute Gasteiger partial charge is 0.353 e. The lowest BCUT2D eigenvalue weighted by molar-refractivity contribution is -0.124. The molecular formula is C14H25ClN2O. The van der Waals surface area contributed by atoms with E-state index in [1.165, 1.54) is 38.5 Å². The molecule has 18 heavy (non-hydrogen) atoms. The fraction of sp³-hybridized carbons (Fsp3) is 0.929. The smallest absolute Gasteiger partial charge is 0.223 e. The van der Waals surface area contributed by atoms with E-state index in [0.717, 1.165) is 24.8 Å². The van der Waals surface area contributed by atoms with Crippen molar-refractivity contribution >= 4 is 18.3 Å². The van der Waals surface area contributed by atoms with Gasteiger partial charge in [0.2, 0.25) is 5.91 Å². The van der Waals surface area contributed by atoms with E-state index in [9.17, 15) is 4.79 Å². The number of fused-ring (bicyclic) bond motifs is 1. The van der Waals surface area contributed by atoms with Crippen LogP contribution >= 0.6 is 12.4 Å². The van der Waals surface area contributed by atoms with E-state index in [2.05, 4.69) is 5.32 Å². The molecule has 0 bridgehead atoms. The van der Waals surface area contributed by atoms with Crippen molar-refractivity contribution in [1.82, 2.24) is 5.32 Å². The Morgan fingerprint density at radius 1 is 1.06 bits per heavy atom. The molecule has 0 aromatic carbocycles. The van der Waals surface area contributed by atoms with E-state index in [1.807, 2.05) is 0 Å². The zero-order valence-electron chi connectivity index (χ0n) is 10.9.